The van der Waals surface area contributed by atoms with Crippen LogP contribution in [0.4, 0.5) is 5.69 Å². The van der Waals surface area contributed by atoms with Gasteiger partial charge in [0, 0.05) is 21.0 Å². The van der Waals surface area contributed by atoms with E-state index in [0.717, 1.165) is 12.0 Å². The highest BCUT2D eigenvalue weighted by atomic mass is 79.9. The largest absolute Gasteiger partial charge is 0.454 e. The first-order chi connectivity index (χ1) is 21.5. The minimum atomic E-state index is -0.673. The molecule has 4 unspecified atom stereocenters. The van der Waals surface area contributed by atoms with E-state index in [0.29, 0.717) is 48.5 Å². The predicted octanol–water partition coefficient (Wildman–Crippen LogP) is 7.68. The first-order valence-electron chi connectivity index (χ1n) is 14.8. The summed E-state index contributed by atoms with van der Waals surface area (Å²) >= 11 is 10.0. The molecule has 3 aliphatic rings. The van der Waals surface area contributed by atoms with E-state index in [9.17, 15) is 19.2 Å². The van der Waals surface area contributed by atoms with Crippen molar-refractivity contribution in [1.29, 1.82) is 0 Å². The van der Waals surface area contributed by atoms with Crippen LogP contribution in [0.2, 0.25) is 5.02 Å². The first kappa shape index (κ1) is 29.6. The van der Waals surface area contributed by atoms with Crippen LogP contribution in [0.3, 0.4) is 0 Å². The zero-order chi connectivity index (χ0) is 31.7. The summed E-state index contributed by atoms with van der Waals surface area (Å²) < 4.78 is 6.11. The van der Waals surface area contributed by atoms with Gasteiger partial charge < -0.3 is 4.74 Å². The predicted molar refractivity (Wildman–Crippen MR) is 175 cm³/mol. The Labute approximate surface area is 273 Å². The van der Waals surface area contributed by atoms with Crippen LogP contribution in [0.15, 0.2) is 76.8 Å². The fourth-order valence-corrected chi connectivity index (χ4v) is 7.79. The Kier molecular flexibility index (Phi) is 7.25. The number of halogens is 2. The molecule has 1 aliphatic heterocycles. The number of rotatable bonds is 6. The Morgan fingerprint density at radius 2 is 1.67 bits per heavy atom. The van der Waals surface area contributed by atoms with E-state index in [1.165, 1.54) is 10.5 Å². The molecule has 2 bridgehead atoms. The highest BCUT2D eigenvalue weighted by Gasteiger charge is 2.60. The topological polar surface area (TPSA) is 93.6 Å². The fraction of sp³-hybridized carbons (Fsp3) is 0.250. The fourth-order valence-electron chi connectivity index (χ4n) is 7.12. The van der Waals surface area contributed by atoms with Crippen LogP contribution in [0, 0.1) is 37.5 Å². The van der Waals surface area contributed by atoms with E-state index >= 15 is 0 Å². The molecule has 226 valence electrons. The third-order valence-electron chi connectivity index (χ3n) is 9.45. The zero-order valence-electron chi connectivity index (χ0n) is 24.8. The van der Waals surface area contributed by atoms with Crippen molar-refractivity contribution in [3.63, 3.8) is 0 Å². The average Bonchev–Trinajstić information content (AvgIpc) is 3.68. The number of benzene rings is 3. The van der Waals surface area contributed by atoms with Crippen molar-refractivity contribution in [2.45, 2.75) is 27.2 Å². The molecule has 2 fully saturated rings. The number of pyridine rings is 1. The standard InChI is InChI=1S/C36H28BrClN2O5/c1-17-4-6-21(7-5-17)29(41)16-45-36(44)26-15-28(39-33-19(3)32(38)27(37)14-25(26)33)20-8-10-23(11-9-20)40-34(42)30-22-12-18(2)24(13-22)31(30)35(40)43/h4-12,14-15,22,24,30-31H,13,16H2,1-3H3. The van der Waals surface area contributed by atoms with Crippen LogP contribution in [-0.2, 0) is 14.3 Å². The number of carbonyl (C=O) groups excluding carboxylic acids is 4. The van der Waals surface area contributed by atoms with E-state index in [-0.39, 0.29) is 46.8 Å². The third-order valence-corrected chi connectivity index (χ3v) is 10.8. The summed E-state index contributed by atoms with van der Waals surface area (Å²) in [6.07, 6.45) is 3.03. The molecule has 0 N–H and O–H groups in total. The molecule has 0 spiro atoms. The lowest BCUT2D eigenvalue weighted by molar-refractivity contribution is -0.123. The van der Waals surface area contributed by atoms with Gasteiger partial charge in [0.2, 0.25) is 11.8 Å². The van der Waals surface area contributed by atoms with Gasteiger partial charge in [-0.3, -0.25) is 19.3 Å². The molecule has 2 heterocycles. The van der Waals surface area contributed by atoms with Crippen molar-refractivity contribution in [1.82, 2.24) is 4.98 Å². The lowest BCUT2D eigenvalue weighted by atomic mass is 9.82. The summed E-state index contributed by atoms with van der Waals surface area (Å²) in [5.74, 6) is -1.56. The minimum absolute atomic E-state index is 0.128. The zero-order valence-corrected chi connectivity index (χ0v) is 27.1. The van der Waals surface area contributed by atoms with Gasteiger partial charge in [0.25, 0.3) is 0 Å². The number of amides is 2. The maximum atomic E-state index is 13.5. The number of aryl methyl sites for hydroxylation is 2. The highest BCUT2D eigenvalue weighted by molar-refractivity contribution is 9.10. The number of imide groups is 1. The summed E-state index contributed by atoms with van der Waals surface area (Å²) in [5, 5.41) is 0.988. The van der Waals surface area contributed by atoms with Gasteiger partial charge in [0.15, 0.2) is 12.4 Å². The molecule has 4 aromatic rings. The molecule has 7 nitrogen and oxygen atoms in total. The second-order valence-corrected chi connectivity index (χ2v) is 13.4. The van der Waals surface area contributed by atoms with Crippen molar-refractivity contribution in [2.24, 2.45) is 23.7 Å². The van der Waals surface area contributed by atoms with E-state index in [1.807, 2.05) is 32.9 Å². The number of hydrogen-bond donors (Lipinski definition) is 0. The van der Waals surface area contributed by atoms with Gasteiger partial charge in [0.1, 0.15) is 0 Å². The van der Waals surface area contributed by atoms with Gasteiger partial charge in [-0.2, -0.15) is 0 Å². The molecule has 9 heteroatoms. The molecule has 1 saturated carbocycles. The monoisotopic (exact) mass is 682 g/mol. The Balaban J connectivity index is 1.20. The van der Waals surface area contributed by atoms with Gasteiger partial charge in [-0.25, -0.2) is 9.78 Å². The number of fused-ring (bicyclic) bond motifs is 6. The van der Waals surface area contributed by atoms with Crippen molar-refractivity contribution in [3.8, 4) is 11.3 Å². The van der Waals surface area contributed by atoms with Gasteiger partial charge in [0.05, 0.1) is 39.3 Å². The summed E-state index contributed by atoms with van der Waals surface area (Å²) in [6, 6.07) is 17.4. The molecule has 0 radical (unpaired) electrons. The molecule has 2 amide bonds. The van der Waals surface area contributed by atoms with Crippen LogP contribution in [0.5, 0.6) is 0 Å². The number of aromatic nitrogens is 1. The highest BCUT2D eigenvalue weighted by Crippen LogP contribution is 2.56. The number of carbonyl (C=O) groups is 4. The van der Waals surface area contributed by atoms with Crippen LogP contribution >= 0.6 is 27.5 Å². The molecule has 1 saturated heterocycles. The molecular formula is C36H28BrClN2O5. The summed E-state index contributed by atoms with van der Waals surface area (Å²) in [4.78, 5) is 59.2. The first-order valence-corrected chi connectivity index (χ1v) is 15.9. The van der Waals surface area contributed by atoms with E-state index in [2.05, 4.69) is 22.0 Å². The molecule has 7 rings (SSSR count). The second kappa shape index (κ2) is 11.0. The summed E-state index contributed by atoms with van der Waals surface area (Å²) in [7, 11) is 0. The molecule has 1 aromatic heterocycles. The number of nitrogens with zero attached hydrogens (tertiary/aromatic N) is 2. The molecule has 2 aliphatic carbocycles. The molecule has 45 heavy (non-hydrogen) atoms. The normalized spacial score (nSPS) is 21.8. The van der Waals surface area contributed by atoms with Crippen LogP contribution in [0.25, 0.3) is 22.2 Å². The van der Waals surface area contributed by atoms with E-state index in [4.69, 9.17) is 21.3 Å². The second-order valence-electron chi connectivity index (χ2n) is 12.1. The maximum Gasteiger partial charge on any atom is 0.339 e. The van der Waals surface area contributed by atoms with E-state index < -0.39 is 12.6 Å². The number of ketones is 1. The quantitative estimate of drug-likeness (QED) is 0.0896. The van der Waals surface area contributed by atoms with Crippen LogP contribution in [-0.4, -0.2) is 35.2 Å². The van der Waals surface area contributed by atoms with Gasteiger partial charge in [-0.1, -0.05) is 65.2 Å². The van der Waals surface area contributed by atoms with Crippen LogP contribution in [0.1, 0.15) is 45.2 Å². The molecule has 3 aromatic carbocycles. The minimum Gasteiger partial charge on any atom is -0.454 e. The van der Waals surface area contributed by atoms with Crippen molar-refractivity contribution >= 4 is 67.7 Å². The Morgan fingerprint density at radius 3 is 2.38 bits per heavy atom. The number of Topliss-reactive ketones (excluding diaryl/α,β-unsaturated/α-hetero) is 1. The maximum absolute atomic E-state index is 13.5. The van der Waals surface area contributed by atoms with Crippen molar-refractivity contribution in [2.75, 3.05) is 11.5 Å². The van der Waals surface area contributed by atoms with Crippen molar-refractivity contribution in [3.05, 3.63) is 104 Å². The van der Waals surface area contributed by atoms with Gasteiger partial charge >= 0.3 is 5.97 Å². The Hall–Kier alpha value is -4.14. The van der Waals surface area contributed by atoms with Crippen molar-refractivity contribution < 1.29 is 23.9 Å². The van der Waals surface area contributed by atoms with Crippen LogP contribution < -0.4 is 4.90 Å². The summed E-state index contributed by atoms with van der Waals surface area (Å²) in [6.45, 7) is 5.38. The molecule has 4 atom stereocenters. The Morgan fingerprint density at radius 1 is 0.978 bits per heavy atom. The smallest absolute Gasteiger partial charge is 0.339 e. The third kappa shape index (κ3) is 4.82. The number of anilines is 1. The number of allylic oxidation sites excluding steroid dienone is 2. The lowest BCUT2D eigenvalue weighted by Crippen LogP contribution is -2.32. The number of ether oxygens (including phenoxy) is 1. The van der Waals surface area contributed by atoms with Gasteiger partial charge in [-0.15, -0.1) is 0 Å². The average molecular weight is 684 g/mol. The van der Waals surface area contributed by atoms with Gasteiger partial charge in [-0.05, 0) is 84.8 Å². The SMILES string of the molecule is CC1=CC2CC1C1C(=O)N(c3ccc(-c4cc(C(=O)OCC(=O)c5ccc(C)cc5)c5cc(Br)c(Cl)c(C)c5n4)cc3)C(=O)C21. The molecular weight excluding hydrogens is 656 g/mol. The number of hydrogen-bond acceptors (Lipinski definition) is 6. The van der Waals surface area contributed by atoms with E-state index in [1.54, 1.807) is 48.5 Å². The number of esters is 1. The lowest BCUT2D eigenvalue weighted by Gasteiger charge is -2.19. The summed E-state index contributed by atoms with van der Waals surface area (Å²) in [5.41, 5.74) is 5.75. The Bertz CT molecular complexity index is 1990.